The SMILES string of the molecule is Nc1cccc(C(=O)Nc2ccc(S(=O)(=O)Nc3ccccc3)cc2)c1. The fraction of sp³-hybridized carbons (Fsp3) is 0. The van der Waals surface area contributed by atoms with Gasteiger partial charge >= 0.3 is 0 Å². The zero-order chi connectivity index (χ0) is 18.6. The van der Waals surface area contributed by atoms with Gasteiger partial charge in [-0.1, -0.05) is 24.3 Å². The lowest BCUT2D eigenvalue weighted by Crippen LogP contribution is -2.14. The van der Waals surface area contributed by atoms with Gasteiger partial charge in [0.25, 0.3) is 15.9 Å². The van der Waals surface area contributed by atoms with Crippen LogP contribution in [0.15, 0.2) is 83.8 Å². The number of amides is 1. The normalized spacial score (nSPS) is 10.9. The standard InChI is InChI=1S/C19H17N3O3S/c20-15-6-4-5-14(13-15)19(23)21-16-9-11-18(12-10-16)26(24,25)22-17-7-2-1-3-8-17/h1-13,22H,20H2,(H,21,23). The lowest BCUT2D eigenvalue weighted by Gasteiger charge is -2.09. The van der Waals surface area contributed by atoms with Crippen molar-refractivity contribution in [2.75, 3.05) is 15.8 Å². The Kier molecular flexibility index (Phi) is 4.90. The molecule has 0 saturated heterocycles. The third-order valence-electron chi connectivity index (χ3n) is 3.60. The Hall–Kier alpha value is -3.32. The summed E-state index contributed by atoms with van der Waals surface area (Å²) < 4.78 is 27.3. The van der Waals surface area contributed by atoms with Gasteiger partial charge in [0.1, 0.15) is 0 Å². The van der Waals surface area contributed by atoms with Crippen LogP contribution >= 0.6 is 0 Å². The van der Waals surface area contributed by atoms with Crippen LogP contribution in [0.4, 0.5) is 17.1 Å². The summed E-state index contributed by atoms with van der Waals surface area (Å²) in [5.74, 6) is -0.324. The second kappa shape index (κ2) is 7.28. The Balaban J connectivity index is 1.73. The van der Waals surface area contributed by atoms with Gasteiger partial charge in [-0.25, -0.2) is 8.42 Å². The van der Waals surface area contributed by atoms with E-state index >= 15 is 0 Å². The molecule has 0 spiro atoms. The molecule has 0 aliphatic rings. The molecular formula is C19H17N3O3S. The highest BCUT2D eigenvalue weighted by Crippen LogP contribution is 2.19. The van der Waals surface area contributed by atoms with Crippen molar-refractivity contribution < 1.29 is 13.2 Å². The average molecular weight is 367 g/mol. The molecule has 0 aliphatic carbocycles. The molecule has 0 heterocycles. The molecule has 7 heteroatoms. The number of carbonyl (C=O) groups is 1. The molecule has 3 aromatic carbocycles. The monoisotopic (exact) mass is 367 g/mol. The first-order valence-electron chi connectivity index (χ1n) is 7.79. The van der Waals surface area contributed by atoms with Crippen molar-refractivity contribution in [3.8, 4) is 0 Å². The maximum Gasteiger partial charge on any atom is 0.261 e. The number of carbonyl (C=O) groups excluding carboxylic acids is 1. The molecular weight excluding hydrogens is 350 g/mol. The summed E-state index contributed by atoms with van der Waals surface area (Å²) in [5.41, 5.74) is 7.54. The summed E-state index contributed by atoms with van der Waals surface area (Å²) in [4.78, 5) is 12.3. The van der Waals surface area contributed by atoms with Gasteiger partial charge < -0.3 is 11.1 Å². The summed E-state index contributed by atoms with van der Waals surface area (Å²) in [5, 5.41) is 2.70. The number of hydrogen-bond acceptors (Lipinski definition) is 4. The van der Waals surface area contributed by atoms with Crippen LogP contribution in [0, 0.1) is 0 Å². The number of nitrogens with two attached hydrogens (primary N) is 1. The second-order valence-electron chi connectivity index (χ2n) is 5.58. The molecule has 1 amide bonds. The van der Waals surface area contributed by atoms with Crippen LogP contribution in [0.2, 0.25) is 0 Å². The van der Waals surface area contributed by atoms with Crippen molar-refractivity contribution in [2.24, 2.45) is 0 Å². The van der Waals surface area contributed by atoms with Crippen LogP contribution in [0.3, 0.4) is 0 Å². The number of nitrogens with one attached hydrogen (secondary N) is 2. The largest absolute Gasteiger partial charge is 0.399 e. The molecule has 3 aromatic rings. The molecule has 0 atom stereocenters. The first-order chi connectivity index (χ1) is 12.4. The van der Waals surface area contributed by atoms with E-state index in [1.807, 2.05) is 0 Å². The van der Waals surface area contributed by atoms with E-state index in [4.69, 9.17) is 5.73 Å². The van der Waals surface area contributed by atoms with Gasteiger partial charge in [0.2, 0.25) is 0 Å². The lowest BCUT2D eigenvalue weighted by molar-refractivity contribution is 0.102. The van der Waals surface area contributed by atoms with E-state index in [0.29, 0.717) is 22.6 Å². The minimum absolute atomic E-state index is 0.100. The van der Waals surface area contributed by atoms with Gasteiger partial charge in [0, 0.05) is 22.6 Å². The van der Waals surface area contributed by atoms with Crippen LogP contribution in [0.25, 0.3) is 0 Å². The summed E-state index contributed by atoms with van der Waals surface area (Å²) in [6, 6.07) is 21.1. The Morgan fingerprint density at radius 2 is 1.50 bits per heavy atom. The Morgan fingerprint density at radius 1 is 0.808 bits per heavy atom. The molecule has 0 aliphatic heterocycles. The molecule has 132 valence electrons. The van der Waals surface area contributed by atoms with Crippen molar-refractivity contribution >= 4 is 33.0 Å². The molecule has 0 radical (unpaired) electrons. The maximum absolute atomic E-state index is 12.4. The lowest BCUT2D eigenvalue weighted by atomic mass is 10.2. The molecule has 3 rings (SSSR count). The highest BCUT2D eigenvalue weighted by atomic mass is 32.2. The average Bonchev–Trinajstić information content (AvgIpc) is 2.62. The number of nitrogen functional groups attached to an aromatic ring is 1. The molecule has 0 fully saturated rings. The van der Waals surface area contributed by atoms with Gasteiger partial charge in [-0.3, -0.25) is 9.52 Å². The summed E-state index contributed by atoms with van der Waals surface area (Å²) in [7, 11) is -3.70. The molecule has 0 saturated carbocycles. The minimum Gasteiger partial charge on any atom is -0.399 e. The molecule has 0 bridgehead atoms. The van der Waals surface area contributed by atoms with E-state index in [1.165, 1.54) is 24.3 Å². The van der Waals surface area contributed by atoms with Gasteiger partial charge in [-0.15, -0.1) is 0 Å². The predicted octanol–water partition coefficient (Wildman–Crippen LogP) is 3.32. The van der Waals surface area contributed by atoms with Crippen LogP contribution in [0.1, 0.15) is 10.4 Å². The molecule has 6 nitrogen and oxygen atoms in total. The molecule has 4 N–H and O–H groups in total. The fourth-order valence-corrected chi connectivity index (χ4v) is 3.38. The van der Waals surface area contributed by atoms with E-state index in [1.54, 1.807) is 54.6 Å². The third-order valence-corrected chi connectivity index (χ3v) is 4.99. The first kappa shape index (κ1) is 17.5. The quantitative estimate of drug-likeness (QED) is 0.602. The summed E-state index contributed by atoms with van der Waals surface area (Å²) in [6.07, 6.45) is 0. The zero-order valence-corrected chi connectivity index (χ0v) is 14.5. The molecule has 26 heavy (non-hydrogen) atoms. The molecule has 0 unspecified atom stereocenters. The molecule has 0 aromatic heterocycles. The Morgan fingerprint density at radius 3 is 2.15 bits per heavy atom. The fourth-order valence-electron chi connectivity index (χ4n) is 2.32. The van der Waals surface area contributed by atoms with Crippen LogP contribution in [-0.4, -0.2) is 14.3 Å². The Labute approximate surface area is 151 Å². The number of anilines is 3. The van der Waals surface area contributed by atoms with E-state index in [9.17, 15) is 13.2 Å². The number of rotatable bonds is 5. The summed E-state index contributed by atoms with van der Waals surface area (Å²) in [6.45, 7) is 0. The van der Waals surface area contributed by atoms with E-state index in [0.717, 1.165) is 0 Å². The number of hydrogen-bond donors (Lipinski definition) is 3. The third kappa shape index (κ3) is 4.20. The van der Waals surface area contributed by atoms with Crippen molar-refractivity contribution in [3.05, 3.63) is 84.4 Å². The smallest absolute Gasteiger partial charge is 0.261 e. The minimum atomic E-state index is -3.70. The van der Waals surface area contributed by atoms with Crippen LogP contribution < -0.4 is 15.8 Å². The number of sulfonamides is 1. The van der Waals surface area contributed by atoms with Crippen molar-refractivity contribution in [1.82, 2.24) is 0 Å². The van der Waals surface area contributed by atoms with Gasteiger partial charge in [0.05, 0.1) is 4.90 Å². The first-order valence-corrected chi connectivity index (χ1v) is 9.27. The topological polar surface area (TPSA) is 101 Å². The number of benzene rings is 3. The van der Waals surface area contributed by atoms with Gasteiger partial charge in [0.15, 0.2) is 0 Å². The second-order valence-corrected chi connectivity index (χ2v) is 7.26. The van der Waals surface area contributed by atoms with E-state index in [-0.39, 0.29) is 10.8 Å². The Bertz CT molecular complexity index is 1020. The predicted molar refractivity (Wildman–Crippen MR) is 103 cm³/mol. The van der Waals surface area contributed by atoms with Crippen molar-refractivity contribution in [3.63, 3.8) is 0 Å². The van der Waals surface area contributed by atoms with E-state index in [2.05, 4.69) is 10.0 Å². The van der Waals surface area contributed by atoms with Gasteiger partial charge in [-0.2, -0.15) is 0 Å². The van der Waals surface area contributed by atoms with Gasteiger partial charge in [-0.05, 0) is 54.6 Å². The summed E-state index contributed by atoms with van der Waals surface area (Å²) >= 11 is 0. The highest BCUT2D eigenvalue weighted by molar-refractivity contribution is 7.92. The van der Waals surface area contributed by atoms with Crippen molar-refractivity contribution in [2.45, 2.75) is 4.90 Å². The van der Waals surface area contributed by atoms with Crippen LogP contribution in [-0.2, 0) is 10.0 Å². The van der Waals surface area contributed by atoms with Crippen molar-refractivity contribution in [1.29, 1.82) is 0 Å². The zero-order valence-electron chi connectivity index (χ0n) is 13.7. The highest BCUT2D eigenvalue weighted by Gasteiger charge is 2.14. The van der Waals surface area contributed by atoms with E-state index < -0.39 is 10.0 Å². The number of para-hydroxylation sites is 1. The van der Waals surface area contributed by atoms with Crippen LogP contribution in [0.5, 0.6) is 0 Å². The maximum atomic E-state index is 12.4.